The molecule has 1 aliphatic rings. The lowest BCUT2D eigenvalue weighted by molar-refractivity contribution is 0.254. The fourth-order valence-corrected chi connectivity index (χ4v) is 2.49. The lowest BCUT2D eigenvalue weighted by Gasteiger charge is -2.13. The van der Waals surface area contributed by atoms with Gasteiger partial charge >= 0.3 is 0 Å². The standard InChI is InChI=1S/C16H17NO/c1-11-9-14-10-13(7-8-15(14)18-11)16(17)12-5-3-2-4-6-12/h2-8,10-11,16H,9,17H2,1H3/t11-,16+/m1/s1. The summed E-state index contributed by atoms with van der Waals surface area (Å²) in [6.45, 7) is 2.09. The summed E-state index contributed by atoms with van der Waals surface area (Å²) in [5.74, 6) is 1.01. The molecule has 0 aromatic heterocycles. The van der Waals surface area contributed by atoms with Crippen molar-refractivity contribution in [1.29, 1.82) is 0 Å². The Morgan fingerprint density at radius 2 is 1.89 bits per heavy atom. The number of hydrogen-bond acceptors (Lipinski definition) is 2. The minimum absolute atomic E-state index is 0.0626. The van der Waals surface area contributed by atoms with Gasteiger partial charge in [0.1, 0.15) is 11.9 Å². The van der Waals surface area contributed by atoms with E-state index < -0.39 is 0 Å². The molecule has 0 radical (unpaired) electrons. The van der Waals surface area contributed by atoms with Crippen LogP contribution < -0.4 is 10.5 Å². The van der Waals surface area contributed by atoms with E-state index in [1.807, 2.05) is 24.3 Å². The third-order valence-corrected chi connectivity index (χ3v) is 3.44. The second-order valence-electron chi connectivity index (χ2n) is 4.89. The van der Waals surface area contributed by atoms with Crippen molar-refractivity contribution in [2.45, 2.75) is 25.5 Å². The van der Waals surface area contributed by atoms with Crippen molar-refractivity contribution in [2.75, 3.05) is 0 Å². The van der Waals surface area contributed by atoms with Gasteiger partial charge in [0.15, 0.2) is 0 Å². The van der Waals surface area contributed by atoms with Gasteiger partial charge in [0, 0.05) is 6.42 Å². The van der Waals surface area contributed by atoms with E-state index in [-0.39, 0.29) is 12.1 Å². The zero-order valence-electron chi connectivity index (χ0n) is 10.5. The summed E-state index contributed by atoms with van der Waals surface area (Å²) in [6, 6.07) is 16.4. The van der Waals surface area contributed by atoms with Crippen LogP contribution in [0.15, 0.2) is 48.5 Å². The van der Waals surface area contributed by atoms with Crippen LogP contribution in [-0.2, 0) is 6.42 Å². The molecular weight excluding hydrogens is 222 g/mol. The van der Waals surface area contributed by atoms with Gasteiger partial charge < -0.3 is 10.5 Å². The van der Waals surface area contributed by atoms with Gasteiger partial charge in [-0.2, -0.15) is 0 Å². The summed E-state index contributed by atoms with van der Waals surface area (Å²) in [4.78, 5) is 0. The van der Waals surface area contributed by atoms with Crippen LogP contribution in [0.25, 0.3) is 0 Å². The highest BCUT2D eigenvalue weighted by Gasteiger charge is 2.20. The highest BCUT2D eigenvalue weighted by molar-refractivity contribution is 5.43. The molecule has 0 bridgehead atoms. The van der Waals surface area contributed by atoms with E-state index >= 15 is 0 Å². The molecular formula is C16H17NO. The molecule has 1 heterocycles. The molecule has 2 nitrogen and oxygen atoms in total. The number of hydrogen-bond donors (Lipinski definition) is 1. The summed E-state index contributed by atoms with van der Waals surface area (Å²) in [7, 11) is 0. The predicted molar refractivity (Wildman–Crippen MR) is 72.7 cm³/mol. The van der Waals surface area contributed by atoms with Crippen LogP contribution in [0.1, 0.15) is 29.7 Å². The van der Waals surface area contributed by atoms with Gasteiger partial charge in [-0.3, -0.25) is 0 Å². The first-order chi connectivity index (χ1) is 8.74. The quantitative estimate of drug-likeness (QED) is 0.874. The predicted octanol–water partition coefficient (Wildman–Crippen LogP) is 3.06. The van der Waals surface area contributed by atoms with E-state index in [2.05, 4.69) is 31.2 Å². The maximum atomic E-state index is 6.30. The van der Waals surface area contributed by atoms with E-state index in [9.17, 15) is 0 Å². The van der Waals surface area contributed by atoms with Crippen molar-refractivity contribution < 1.29 is 4.74 Å². The highest BCUT2D eigenvalue weighted by Crippen LogP contribution is 2.31. The van der Waals surface area contributed by atoms with Gasteiger partial charge in [-0.1, -0.05) is 42.5 Å². The van der Waals surface area contributed by atoms with E-state index in [0.717, 1.165) is 23.3 Å². The largest absolute Gasteiger partial charge is 0.490 e. The molecule has 2 N–H and O–H groups in total. The Hall–Kier alpha value is -1.80. The number of ether oxygens (including phenoxy) is 1. The Balaban J connectivity index is 1.92. The number of fused-ring (bicyclic) bond motifs is 1. The minimum atomic E-state index is -0.0626. The van der Waals surface area contributed by atoms with Crippen LogP contribution in [0.4, 0.5) is 0 Å². The first kappa shape index (κ1) is 11.3. The fraction of sp³-hybridized carbons (Fsp3) is 0.250. The number of rotatable bonds is 2. The van der Waals surface area contributed by atoms with Crippen molar-refractivity contribution >= 4 is 0 Å². The molecule has 92 valence electrons. The van der Waals surface area contributed by atoms with Gasteiger partial charge in [-0.15, -0.1) is 0 Å². The monoisotopic (exact) mass is 239 g/mol. The van der Waals surface area contributed by atoms with Gasteiger partial charge in [0.05, 0.1) is 6.04 Å². The molecule has 0 amide bonds. The molecule has 3 rings (SSSR count). The van der Waals surface area contributed by atoms with Gasteiger partial charge in [0.2, 0.25) is 0 Å². The normalized spacial score (nSPS) is 19.1. The molecule has 0 saturated carbocycles. The van der Waals surface area contributed by atoms with E-state index in [4.69, 9.17) is 10.5 Å². The summed E-state index contributed by atoms with van der Waals surface area (Å²) in [6.07, 6.45) is 1.26. The van der Waals surface area contributed by atoms with Crippen molar-refractivity contribution in [3.05, 3.63) is 65.2 Å². The highest BCUT2D eigenvalue weighted by atomic mass is 16.5. The smallest absolute Gasteiger partial charge is 0.123 e. The number of benzene rings is 2. The molecule has 0 saturated heterocycles. The summed E-state index contributed by atoms with van der Waals surface area (Å²) in [5, 5.41) is 0. The summed E-state index contributed by atoms with van der Waals surface area (Å²) in [5.41, 5.74) is 9.87. The van der Waals surface area contributed by atoms with E-state index in [1.54, 1.807) is 0 Å². The second-order valence-corrected chi connectivity index (χ2v) is 4.89. The second kappa shape index (κ2) is 4.46. The first-order valence-corrected chi connectivity index (χ1v) is 6.34. The van der Waals surface area contributed by atoms with Gasteiger partial charge in [0.25, 0.3) is 0 Å². The average Bonchev–Trinajstić information content (AvgIpc) is 2.78. The third-order valence-electron chi connectivity index (χ3n) is 3.44. The fourth-order valence-electron chi connectivity index (χ4n) is 2.49. The van der Waals surface area contributed by atoms with E-state index in [1.165, 1.54) is 5.56 Å². The SMILES string of the molecule is C[C@@H]1Cc2cc([C@@H](N)c3ccccc3)ccc2O1. The van der Waals surface area contributed by atoms with Gasteiger partial charge in [-0.05, 0) is 29.7 Å². The van der Waals surface area contributed by atoms with E-state index in [0.29, 0.717) is 0 Å². The minimum Gasteiger partial charge on any atom is -0.490 e. The Bertz CT molecular complexity index is 550. The van der Waals surface area contributed by atoms with Crippen molar-refractivity contribution in [2.24, 2.45) is 5.73 Å². The summed E-state index contributed by atoms with van der Waals surface area (Å²) >= 11 is 0. The molecule has 0 unspecified atom stereocenters. The Morgan fingerprint density at radius 1 is 1.11 bits per heavy atom. The average molecular weight is 239 g/mol. The third kappa shape index (κ3) is 2.00. The van der Waals surface area contributed by atoms with Crippen molar-refractivity contribution in [3.8, 4) is 5.75 Å². The molecule has 1 aliphatic heterocycles. The lowest BCUT2D eigenvalue weighted by Crippen LogP contribution is -2.11. The Labute approximate surface area is 107 Å². The van der Waals surface area contributed by atoms with Gasteiger partial charge in [-0.25, -0.2) is 0 Å². The zero-order valence-corrected chi connectivity index (χ0v) is 10.5. The van der Waals surface area contributed by atoms with Crippen LogP contribution in [-0.4, -0.2) is 6.10 Å². The maximum absolute atomic E-state index is 6.30. The Kier molecular flexibility index (Phi) is 2.80. The number of nitrogens with two attached hydrogens (primary N) is 1. The molecule has 2 atom stereocenters. The van der Waals surface area contributed by atoms with Crippen LogP contribution in [0.2, 0.25) is 0 Å². The maximum Gasteiger partial charge on any atom is 0.123 e. The molecule has 18 heavy (non-hydrogen) atoms. The molecule has 2 aromatic rings. The Morgan fingerprint density at radius 3 is 2.67 bits per heavy atom. The van der Waals surface area contributed by atoms with Crippen LogP contribution in [0.3, 0.4) is 0 Å². The van der Waals surface area contributed by atoms with Crippen molar-refractivity contribution in [3.63, 3.8) is 0 Å². The molecule has 0 aliphatic carbocycles. The van der Waals surface area contributed by atoms with Crippen molar-refractivity contribution in [1.82, 2.24) is 0 Å². The zero-order chi connectivity index (χ0) is 12.5. The molecule has 0 spiro atoms. The molecule has 2 heteroatoms. The van der Waals surface area contributed by atoms with Crippen LogP contribution >= 0.6 is 0 Å². The topological polar surface area (TPSA) is 35.2 Å². The molecule has 0 fully saturated rings. The summed E-state index contributed by atoms with van der Waals surface area (Å²) < 4.78 is 5.71. The van der Waals surface area contributed by atoms with Crippen LogP contribution in [0, 0.1) is 0 Å². The van der Waals surface area contributed by atoms with Crippen LogP contribution in [0.5, 0.6) is 5.75 Å². The molecule has 2 aromatic carbocycles. The first-order valence-electron chi connectivity index (χ1n) is 6.34. The lowest BCUT2D eigenvalue weighted by atomic mass is 9.97.